The van der Waals surface area contributed by atoms with Crippen LogP contribution in [0.25, 0.3) is 0 Å². The van der Waals surface area contributed by atoms with Gasteiger partial charge in [-0.2, -0.15) is 0 Å². The van der Waals surface area contributed by atoms with E-state index in [1.807, 2.05) is 42.2 Å². The summed E-state index contributed by atoms with van der Waals surface area (Å²) in [7, 11) is 1.66. The summed E-state index contributed by atoms with van der Waals surface area (Å²) in [6, 6.07) is 9.46. The second-order valence-corrected chi connectivity index (χ2v) is 5.66. The van der Waals surface area contributed by atoms with E-state index in [1.165, 1.54) is 0 Å². The molecule has 138 valence electrons. The number of para-hydroxylation sites is 1. The Labute approximate surface area is 165 Å². The number of hydrogen-bond donors (Lipinski definition) is 3. The standard InChI is InChI=1S/C17H25N5O2.HI/c1-3-16(24)22-10-9-14(12-22)21-17(18-2)19-11-15(23)20-13-7-5-4-6-8-13;/h4-8,14H,3,9-12H2,1-2H3,(H,20,23)(H2,18,19,21);1H. The maximum Gasteiger partial charge on any atom is 0.243 e. The number of rotatable bonds is 5. The first-order valence-corrected chi connectivity index (χ1v) is 8.22. The molecule has 1 aromatic carbocycles. The van der Waals surface area contributed by atoms with Crippen molar-refractivity contribution in [3.63, 3.8) is 0 Å². The van der Waals surface area contributed by atoms with Crippen molar-refractivity contribution in [1.82, 2.24) is 15.5 Å². The molecule has 1 fully saturated rings. The van der Waals surface area contributed by atoms with Crippen LogP contribution in [0.1, 0.15) is 19.8 Å². The zero-order chi connectivity index (χ0) is 17.4. The molecule has 8 heteroatoms. The van der Waals surface area contributed by atoms with Crippen molar-refractivity contribution < 1.29 is 9.59 Å². The second kappa shape index (κ2) is 10.9. The van der Waals surface area contributed by atoms with Gasteiger partial charge in [-0.1, -0.05) is 25.1 Å². The fraction of sp³-hybridized carbons (Fsp3) is 0.471. The molecule has 2 rings (SSSR count). The van der Waals surface area contributed by atoms with Crippen molar-refractivity contribution in [2.45, 2.75) is 25.8 Å². The average molecular weight is 459 g/mol. The predicted octanol–water partition coefficient (Wildman–Crippen LogP) is 1.42. The minimum atomic E-state index is -0.140. The molecule has 3 N–H and O–H groups in total. The number of amides is 2. The largest absolute Gasteiger partial charge is 0.352 e. The van der Waals surface area contributed by atoms with Crippen LogP contribution in [0.5, 0.6) is 0 Å². The number of benzene rings is 1. The van der Waals surface area contributed by atoms with Gasteiger partial charge in [-0.05, 0) is 18.6 Å². The fourth-order valence-corrected chi connectivity index (χ4v) is 2.61. The van der Waals surface area contributed by atoms with Crippen LogP contribution in [0.15, 0.2) is 35.3 Å². The van der Waals surface area contributed by atoms with Crippen molar-refractivity contribution in [2.75, 3.05) is 32.0 Å². The van der Waals surface area contributed by atoms with Gasteiger partial charge in [0, 0.05) is 38.3 Å². The molecule has 1 aliphatic rings. The number of aliphatic imine (C=N–C) groups is 1. The molecule has 0 aromatic heterocycles. The number of nitrogens with one attached hydrogen (secondary N) is 3. The topological polar surface area (TPSA) is 85.8 Å². The van der Waals surface area contributed by atoms with Crippen molar-refractivity contribution in [2.24, 2.45) is 4.99 Å². The number of nitrogens with zero attached hydrogens (tertiary/aromatic N) is 2. The normalized spacial score (nSPS) is 16.8. The van der Waals surface area contributed by atoms with Crippen molar-refractivity contribution in [3.05, 3.63) is 30.3 Å². The van der Waals surface area contributed by atoms with Gasteiger partial charge in [0.2, 0.25) is 11.8 Å². The van der Waals surface area contributed by atoms with Gasteiger partial charge in [0.15, 0.2) is 5.96 Å². The van der Waals surface area contributed by atoms with E-state index in [1.54, 1.807) is 7.05 Å². The first kappa shape index (κ1) is 21.2. The highest BCUT2D eigenvalue weighted by molar-refractivity contribution is 14.0. The summed E-state index contributed by atoms with van der Waals surface area (Å²) in [5.41, 5.74) is 0.761. The number of hydrogen-bond acceptors (Lipinski definition) is 3. The van der Waals surface area contributed by atoms with E-state index < -0.39 is 0 Å². The first-order valence-electron chi connectivity index (χ1n) is 8.22. The lowest BCUT2D eigenvalue weighted by Gasteiger charge is -2.18. The molecular weight excluding hydrogens is 433 g/mol. The van der Waals surface area contributed by atoms with Gasteiger partial charge in [-0.25, -0.2) is 0 Å². The van der Waals surface area contributed by atoms with E-state index in [0.717, 1.165) is 18.7 Å². The molecule has 0 spiro atoms. The maximum absolute atomic E-state index is 11.9. The minimum absolute atomic E-state index is 0. The molecule has 0 bridgehead atoms. The Kier molecular flexibility index (Phi) is 9.25. The van der Waals surface area contributed by atoms with E-state index in [4.69, 9.17) is 0 Å². The quantitative estimate of drug-likeness (QED) is 0.353. The average Bonchev–Trinajstić information content (AvgIpc) is 3.07. The number of halogens is 1. The molecule has 1 aromatic rings. The monoisotopic (exact) mass is 459 g/mol. The van der Waals surface area contributed by atoms with Crippen LogP contribution >= 0.6 is 24.0 Å². The van der Waals surface area contributed by atoms with E-state index >= 15 is 0 Å². The molecule has 0 radical (unpaired) electrons. The number of carbonyl (C=O) groups is 2. The van der Waals surface area contributed by atoms with Crippen molar-refractivity contribution >= 4 is 47.4 Å². The third-order valence-electron chi connectivity index (χ3n) is 3.88. The van der Waals surface area contributed by atoms with Gasteiger partial charge in [-0.3, -0.25) is 14.6 Å². The van der Waals surface area contributed by atoms with Crippen LogP contribution in [0, 0.1) is 0 Å². The lowest BCUT2D eigenvalue weighted by Crippen LogP contribution is -2.47. The summed E-state index contributed by atoms with van der Waals surface area (Å²) in [5, 5.41) is 9.06. The molecule has 1 heterocycles. The lowest BCUT2D eigenvalue weighted by molar-refractivity contribution is -0.129. The highest BCUT2D eigenvalue weighted by Crippen LogP contribution is 2.10. The third kappa shape index (κ3) is 6.89. The Balaban J connectivity index is 0.00000312. The smallest absolute Gasteiger partial charge is 0.243 e. The van der Waals surface area contributed by atoms with Gasteiger partial charge < -0.3 is 20.9 Å². The molecule has 1 atom stereocenters. The van der Waals surface area contributed by atoms with Gasteiger partial charge in [0.25, 0.3) is 0 Å². The summed E-state index contributed by atoms with van der Waals surface area (Å²) < 4.78 is 0. The highest BCUT2D eigenvalue weighted by Gasteiger charge is 2.25. The number of likely N-dealkylation sites (tertiary alicyclic amines) is 1. The van der Waals surface area contributed by atoms with Crippen LogP contribution in [0.3, 0.4) is 0 Å². The summed E-state index contributed by atoms with van der Waals surface area (Å²) in [4.78, 5) is 29.6. The van der Waals surface area contributed by atoms with Gasteiger partial charge in [-0.15, -0.1) is 24.0 Å². The van der Waals surface area contributed by atoms with Crippen LogP contribution in [-0.4, -0.2) is 55.4 Å². The summed E-state index contributed by atoms with van der Waals surface area (Å²) in [6.45, 7) is 3.42. The molecule has 1 aliphatic heterocycles. The molecule has 25 heavy (non-hydrogen) atoms. The van der Waals surface area contributed by atoms with Gasteiger partial charge in [0.1, 0.15) is 0 Å². The summed E-state index contributed by atoms with van der Waals surface area (Å²) >= 11 is 0. The van der Waals surface area contributed by atoms with Crippen molar-refractivity contribution in [3.8, 4) is 0 Å². The number of carbonyl (C=O) groups excluding carboxylic acids is 2. The van der Waals surface area contributed by atoms with Crippen LogP contribution < -0.4 is 16.0 Å². The predicted molar refractivity (Wildman–Crippen MR) is 110 cm³/mol. The Morgan fingerprint density at radius 2 is 2.00 bits per heavy atom. The van der Waals surface area contributed by atoms with E-state index in [-0.39, 0.29) is 48.4 Å². The maximum atomic E-state index is 11.9. The van der Waals surface area contributed by atoms with Crippen molar-refractivity contribution in [1.29, 1.82) is 0 Å². The number of guanidine groups is 1. The van der Waals surface area contributed by atoms with E-state index in [2.05, 4.69) is 20.9 Å². The number of anilines is 1. The summed E-state index contributed by atoms with van der Waals surface area (Å²) in [5.74, 6) is 0.594. The van der Waals surface area contributed by atoms with Gasteiger partial charge in [0.05, 0.1) is 6.54 Å². The first-order chi connectivity index (χ1) is 11.6. The third-order valence-corrected chi connectivity index (χ3v) is 3.88. The highest BCUT2D eigenvalue weighted by atomic mass is 127. The van der Waals surface area contributed by atoms with E-state index in [9.17, 15) is 9.59 Å². The lowest BCUT2D eigenvalue weighted by atomic mass is 10.3. The molecule has 0 aliphatic carbocycles. The zero-order valence-electron chi connectivity index (χ0n) is 14.6. The molecule has 0 saturated carbocycles. The van der Waals surface area contributed by atoms with Crippen LogP contribution in [-0.2, 0) is 9.59 Å². The molecule has 1 saturated heterocycles. The summed E-state index contributed by atoms with van der Waals surface area (Å²) in [6.07, 6.45) is 1.40. The van der Waals surface area contributed by atoms with Gasteiger partial charge >= 0.3 is 0 Å². The van der Waals surface area contributed by atoms with Crippen LogP contribution in [0.2, 0.25) is 0 Å². The molecule has 1 unspecified atom stereocenters. The Morgan fingerprint density at radius 1 is 1.28 bits per heavy atom. The minimum Gasteiger partial charge on any atom is -0.352 e. The Morgan fingerprint density at radius 3 is 2.64 bits per heavy atom. The van der Waals surface area contributed by atoms with E-state index in [0.29, 0.717) is 18.9 Å². The zero-order valence-corrected chi connectivity index (χ0v) is 16.9. The van der Waals surface area contributed by atoms with Crippen LogP contribution in [0.4, 0.5) is 5.69 Å². The SMILES string of the molecule is CCC(=O)N1CCC(NC(=NC)NCC(=O)Nc2ccccc2)C1.I. The molecule has 7 nitrogen and oxygen atoms in total. The fourth-order valence-electron chi connectivity index (χ4n) is 2.61. The molecule has 2 amide bonds. The molecular formula is C17H26IN5O2. The Hall–Kier alpha value is -1.84. The second-order valence-electron chi connectivity index (χ2n) is 5.66. The Bertz CT molecular complexity index is 594.